The van der Waals surface area contributed by atoms with Crippen molar-refractivity contribution in [2.24, 2.45) is 0 Å². The second-order valence-electron chi connectivity index (χ2n) is 4.77. The Labute approximate surface area is 91.9 Å². The second kappa shape index (κ2) is 4.95. The molecule has 1 N–H and O–H groups in total. The molecule has 1 unspecified atom stereocenters. The van der Waals surface area contributed by atoms with E-state index < -0.39 is 0 Å². The SMILES string of the molecule is CC(C)(C)NC(C#N)Cc1ccccc1. The van der Waals surface area contributed by atoms with E-state index in [0.717, 1.165) is 6.42 Å². The van der Waals surface area contributed by atoms with Gasteiger partial charge in [0, 0.05) is 12.0 Å². The molecular weight excluding hydrogens is 184 g/mol. The second-order valence-corrected chi connectivity index (χ2v) is 4.77. The monoisotopic (exact) mass is 202 g/mol. The van der Waals surface area contributed by atoms with Crippen LogP contribution in [0.1, 0.15) is 26.3 Å². The smallest absolute Gasteiger partial charge is 0.0997 e. The zero-order valence-electron chi connectivity index (χ0n) is 9.62. The molecule has 0 fully saturated rings. The number of nitrogens with one attached hydrogen (secondary N) is 1. The first-order valence-corrected chi connectivity index (χ1v) is 5.22. The van der Waals surface area contributed by atoms with Gasteiger partial charge in [-0.2, -0.15) is 5.26 Å². The van der Waals surface area contributed by atoms with Gasteiger partial charge >= 0.3 is 0 Å². The van der Waals surface area contributed by atoms with Gasteiger partial charge in [0.25, 0.3) is 0 Å². The summed E-state index contributed by atoms with van der Waals surface area (Å²) < 4.78 is 0. The Hall–Kier alpha value is -1.33. The van der Waals surface area contributed by atoms with Gasteiger partial charge in [-0.3, -0.25) is 5.32 Å². The van der Waals surface area contributed by atoms with E-state index in [1.54, 1.807) is 0 Å². The van der Waals surface area contributed by atoms with Crippen LogP contribution in [-0.2, 0) is 6.42 Å². The summed E-state index contributed by atoms with van der Waals surface area (Å²) in [6.07, 6.45) is 0.759. The van der Waals surface area contributed by atoms with Gasteiger partial charge in [-0.1, -0.05) is 30.3 Å². The van der Waals surface area contributed by atoms with Crippen LogP contribution in [0, 0.1) is 11.3 Å². The first-order valence-electron chi connectivity index (χ1n) is 5.22. The third-order valence-corrected chi connectivity index (χ3v) is 2.05. The minimum Gasteiger partial charge on any atom is -0.297 e. The third kappa shape index (κ3) is 4.62. The predicted molar refractivity (Wildman–Crippen MR) is 62.4 cm³/mol. The lowest BCUT2D eigenvalue weighted by atomic mass is 10.0. The van der Waals surface area contributed by atoms with Crippen molar-refractivity contribution >= 4 is 0 Å². The normalized spacial score (nSPS) is 13.2. The molecule has 1 rings (SSSR count). The number of nitriles is 1. The van der Waals surface area contributed by atoms with E-state index in [2.05, 4.69) is 44.3 Å². The quantitative estimate of drug-likeness (QED) is 0.817. The number of hydrogen-bond donors (Lipinski definition) is 1. The van der Waals surface area contributed by atoms with E-state index in [1.807, 2.05) is 18.2 Å². The fraction of sp³-hybridized carbons (Fsp3) is 0.462. The summed E-state index contributed by atoms with van der Waals surface area (Å²) in [7, 11) is 0. The Morgan fingerprint density at radius 2 is 1.87 bits per heavy atom. The summed E-state index contributed by atoms with van der Waals surface area (Å²) in [5.74, 6) is 0. The van der Waals surface area contributed by atoms with Crippen molar-refractivity contribution in [3.8, 4) is 6.07 Å². The first kappa shape index (κ1) is 11.7. The van der Waals surface area contributed by atoms with Crippen LogP contribution >= 0.6 is 0 Å². The van der Waals surface area contributed by atoms with Crippen molar-refractivity contribution in [2.45, 2.75) is 38.8 Å². The lowest BCUT2D eigenvalue weighted by molar-refractivity contribution is 0.394. The van der Waals surface area contributed by atoms with Gasteiger partial charge in [0.2, 0.25) is 0 Å². The standard InChI is InChI=1S/C13H18N2/c1-13(2,3)15-12(10-14)9-11-7-5-4-6-8-11/h4-8,12,15H,9H2,1-3H3. The van der Waals surface area contributed by atoms with Crippen LogP contribution < -0.4 is 5.32 Å². The van der Waals surface area contributed by atoms with Crippen molar-refractivity contribution in [1.29, 1.82) is 5.26 Å². The Morgan fingerprint density at radius 3 is 2.33 bits per heavy atom. The molecule has 0 aliphatic rings. The van der Waals surface area contributed by atoms with E-state index >= 15 is 0 Å². The minimum absolute atomic E-state index is 0.0187. The lowest BCUT2D eigenvalue weighted by Gasteiger charge is -2.24. The van der Waals surface area contributed by atoms with Gasteiger partial charge < -0.3 is 0 Å². The molecule has 2 nitrogen and oxygen atoms in total. The van der Waals surface area contributed by atoms with Crippen LogP contribution in [0.15, 0.2) is 30.3 Å². The van der Waals surface area contributed by atoms with Gasteiger partial charge in [0.15, 0.2) is 0 Å². The van der Waals surface area contributed by atoms with Crippen molar-refractivity contribution < 1.29 is 0 Å². The summed E-state index contributed by atoms with van der Waals surface area (Å²) in [5.41, 5.74) is 1.18. The molecule has 80 valence electrons. The molecule has 2 heteroatoms. The van der Waals surface area contributed by atoms with Crippen LogP contribution in [0.4, 0.5) is 0 Å². The maximum absolute atomic E-state index is 9.04. The maximum Gasteiger partial charge on any atom is 0.0997 e. The average Bonchev–Trinajstić information content (AvgIpc) is 2.16. The molecule has 1 atom stereocenters. The molecule has 1 aromatic rings. The molecular formula is C13H18N2. The summed E-state index contributed by atoms with van der Waals surface area (Å²) in [5, 5.41) is 12.3. The fourth-order valence-electron chi connectivity index (χ4n) is 1.50. The Balaban J connectivity index is 2.60. The van der Waals surface area contributed by atoms with Crippen LogP contribution in [0.5, 0.6) is 0 Å². The van der Waals surface area contributed by atoms with Gasteiger partial charge in [0.05, 0.1) is 12.1 Å². The van der Waals surface area contributed by atoms with E-state index in [0.29, 0.717) is 0 Å². The fourth-order valence-corrected chi connectivity index (χ4v) is 1.50. The average molecular weight is 202 g/mol. The molecule has 0 aliphatic carbocycles. The van der Waals surface area contributed by atoms with Crippen LogP contribution in [0.3, 0.4) is 0 Å². The zero-order valence-corrected chi connectivity index (χ0v) is 9.62. The van der Waals surface area contributed by atoms with E-state index in [9.17, 15) is 0 Å². The molecule has 0 heterocycles. The van der Waals surface area contributed by atoms with Crippen LogP contribution in [0.2, 0.25) is 0 Å². The molecule has 0 bridgehead atoms. The molecule has 15 heavy (non-hydrogen) atoms. The molecule has 0 spiro atoms. The summed E-state index contributed by atoms with van der Waals surface area (Å²) in [6, 6.07) is 12.3. The summed E-state index contributed by atoms with van der Waals surface area (Å²) in [4.78, 5) is 0. The van der Waals surface area contributed by atoms with Gasteiger partial charge in [0.1, 0.15) is 0 Å². The maximum atomic E-state index is 9.04. The molecule has 0 aromatic heterocycles. The topological polar surface area (TPSA) is 35.8 Å². The first-order chi connectivity index (χ1) is 7.01. The Morgan fingerprint density at radius 1 is 1.27 bits per heavy atom. The van der Waals surface area contributed by atoms with Crippen molar-refractivity contribution in [1.82, 2.24) is 5.32 Å². The van der Waals surface area contributed by atoms with E-state index in [-0.39, 0.29) is 11.6 Å². The molecule has 0 amide bonds. The van der Waals surface area contributed by atoms with Crippen LogP contribution in [-0.4, -0.2) is 11.6 Å². The predicted octanol–water partition coefficient (Wildman–Crippen LogP) is 2.51. The molecule has 1 aromatic carbocycles. The summed E-state index contributed by atoms with van der Waals surface area (Å²) >= 11 is 0. The van der Waals surface area contributed by atoms with Gasteiger partial charge in [-0.15, -0.1) is 0 Å². The highest BCUT2D eigenvalue weighted by Crippen LogP contribution is 2.07. The Bertz CT molecular complexity index is 330. The number of rotatable bonds is 3. The zero-order chi connectivity index (χ0) is 11.3. The highest BCUT2D eigenvalue weighted by molar-refractivity contribution is 5.18. The number of benzene rings is 1. The third-order valence-electron chi connectivity index (χ3n) is 2.05. The minimum atomic E-state index is -0.118. The Kier molecular flexibility index (Phi) is 3.88. The van der Waals surface area contributed by atoms with Gasteiger partial charge in [-0.05, 0) is 26.3 Å². The van der Waals surface area contributed by atoms with Gasteiger partial charge in [-0.25, -0.2) is 0 Å². The molecule has 0 aliphatic heterocycles. The summed E-state index contributed by atoms with van der Waals surface area (Å²) in [6.45, 7) is 6.22. The molecule has 0 radical (unpaired) electrons. The van der Waals surface area contributed by atoms with Crippen molar-refractivity contribution in [2.75, 3.05) is 0 Å². The lowest BCUT2D eigenvalue weighted by Crippen LogP contribution is -2.43. The van der Waals surface area contributed by atoms with E-state index in [1.165, 1.54) is 5.56 Å². The van der Waals surface area contributed by atoms with Crippen molar-refractivity contribution in [3.05, 3.63) is 35.9 Å². The highest BCUT2D eigenvalue weighted by atomic mass is 15.0. The highest BCUT2D eigenvalue weighted by Gasteiger charge is 2.16. The van der Waals surface area contributed by atoms with Crippen LogP contribution in [0.25, 0.3) is 0 Å². The molecule has 0 saturated carbocycles. The number of hydrogen-bond acceptors (Lipinski definition) is 2. The molecule has 0 saturated heterocycles. The van der Waals surface area contributed by atoms with Crippen molar-refractivity contribution in [3.63, 3.8) is 0 Å². The van der Waals surface area contributed by atoms with E-state index in [4.69, 9.17) is 5.26 Å². The number of nitrogens with zero attached hydrogens (tertiary/aromatic N) is 1. The largest absolute Gasteiger partial charge is 0.297 e.